The second kappa shape index (κ2) is 2.87. The zero-order valence-electron chi connectivity index (χ0n) is 7.80. The lowest BCUT2D eigenvalue weighted by Gasteiger charge is -2.15. The lowest BCUT2D eigenvalue weighted by Crippen LogP contribution is -2.13. The van der Waals surface area contributed by atoms with Crippen LogP contribution < -0.4 is 0 Å². The number of aromatic nitrogens is 1. The Kier molecular flexibility index (Phi) is 2.20. The largest absolute Gasteiger partial charge is 0.245 e. The fourth-order valence-electron chi connectivity index (χ4n) is 1.01. The van der Waals surface area contributed by atoms with Gasteiger partial charge in [-0.2, -0.15) is 5.26 Å². The van der Waals surface area contributed by atoms with Crippen molar-refractivity contribution in [3.8, 4) is 6.07 Å². The van der Waals surface area contributed by atoms with E-state index in [1.807, 2.05) is 6.92 Å². The van der Waals surface area contributed by atoms with Gasteiger partial charge in [-0.3, -0.25) is 0 Å². The Morgan fingerprint density at radius 2 is 2.00 bits per heavy atom. The van der Waals surface area contributed by atoms with Crippen LogP contribution in [0.1, 0.15) is 36.3 Å². The van der Waals surface area contributed by atoms with Crippen LogP contribution in [0.3, 0.4) is 0 Å². The van der Waals surface area contributed by atoms with Gasteiger partial charge in [0.1, 0.15) is 10.9 Å². The number of thiazole rings is 1. The predicted octanol–water partition coefficient (Wildman–Crippen LogP) is 2.62. The molecule has 0 N–H and O–H groups in total. The highest BCUT2D eigenvalue weighted by Gasteiger charge is 2.21. The summed E-state index contributed by atoms with van der Waals surface area (Å²) >= 11 is 1.47. The van der Waals surface area contributed by atoms with Crippen LogP contribution in [0.15, 0.2) is 0 Å². The van der Waals surface area contributed by atoms with Gasteiger partial charge in [-0.05, 0) is 6.92 Å². The maximum absolute atomic E-state index is 8.82. The van der Waals surface area contributed by atoms with E-state index in [9.17, 15) is 0 Å². The lowest BCUT2D eigenvalue weighted by molar-refractivity contribution is 0.570. The van der Waals surface area contributed by atoms with E-state index in [2.05, 4.69) is 31.8 Å². The fraction of sp³-hybridized carbons (Fsp3) is 0.556. The second-order valence-corrected chi connectivity index (χ2v) is 4.98. The molecule has 0 aromatic carbocycles. The third-order valence-electron chi connectivity index (χ3n) is 1.55. The maximum atomic E-state index is 8.82. The zero-order chi connectivity index (χ0) is 9.35. The van der Waals surface area contributed by atoms with Crippen molar-refractivity contribution in [1.82, 2.24) is 4.98 Å². The number of nitriles is 1. The topological polar surface area (TPSA) is 36.7 Å². The Hall–Kier alpha value is -0.880. The summed E-state index contributed by atoms with van der Waals surface area (Å²) in [5, 5.41) is 9.78. The minimum Gasteiger partial charge on any atom is -0.245 e. The van der Waals surface area contributed by atoms with Crippen LogP contribution in [-0.2, 0) is 5.41 Å². The fourth-order valence-corrected chi connectivity index (χ4v) is 1.94. The summed E-state index contributed by atoms with van der Waals surface area (Å²) in [5.74, 6) is 0. The van der Waals surface area contributed by atoms with Crippen LogP contribution in [0.25, 0.3) is 0 Å². The SMILES string of the molecule is Cc1nc(C(C)(C)C)c(C#N)s1. The molecule has 0 spiro atoms. The molecule has 12 heavy (non-hydrogen) atoms. The van der Waals surface area contributed by atoms with Crippen LogP contribution in [0.4, 0.5) is 0 Å². The monoisotopic (exact) mass is 180 g/mol. The molecule has 1 heterocycles. The quantitative estimate of drug-likeness (QED) is 0.615. The van der Waals surface area contributed by atoms with E-state index in [1.165, 1.54) is 11.3 Å². The first kappa shape index (κ1) is 9.21. The molecule has 64 valence electrons. The van der Waals surface area contributed by atoms with Gasteiger partial charge >= 0.3 is 0 Å². The first-order valence-corrected chi connectivity index (χ1v) is 4.65. The van der Waals surface area contributed by atoms with Gasteiger partial charge in [-0.25, -0.2) is 4.98 Å². The summed E-state index contributed by atoms with van der Waals surface area (Å²) in [4.78, 5) is 5.10. The van der Waals surface area contributed by atoms with Gasteiger partial charge in [-0.1, -0.05) is 20.8 Å². The molecule has 0 aliphatic rings. The molecule has 0 unspecified atom stereocenters. The number of hydrogen-bond acceptors (Lipinski definition) is 3. The van der Waals surface area contributed by atoms with Crippen LogP contribution >= 0.6 is 11.3 Å². The average Bonchev–Trinajstić information content (AvgIpc) is 2.29. The lowest BCUT2D eigenvalue weighted by atomic mass is 9.91. The summed E-state index contributed by atoms with van der Waals surface area (Å²) in [5.41, 5.74) is 0.906. The van der Waals surface area contributed by atoms with Gasteiger partial charge in [0.05, 0.1) is 10.7 Å². The number of aryl methyl sites for hydroxylation is 1. The third-order valence-corrected chi connectivity index (χ3v) is 2.42. The Balaban J connectivity index is 3.25. The van der Waals surface area contributed by atoms with E-state index in [0.717, 1.165) is 15.6 Å². The van der Waals surface area contributed by atoms with Gasteiger partial charge in [0.15, 0.2) is 0 Å². The van der Waals surface area contributed by atoms with E-state index in [1.54, 1.807) is 0 Å². The molecular formula is C9H12N2S. The number of rotatable bonds is 0. The summed E-state index contributed by atoms with van der Waals surface area (Å²) in [6, 6.07) is 2.18. The van der Waals surface area contributed by atoms with E-state index in [-0.39, 0.29) is 5.41 Å². The molecule has 1 rings (SSSR count). The molecule has 0 atom stereocenters. The van der Waals surface area contributed by atoms with Gasteiger partial charge in [0, 0.05) is 5.41 Å². The summed E-state index contributed by atoms with van der Waals surface area (Å²) in [7, 11) is 0. The van der Waals surface area contributed by atoms with E-state index in [4.69, 9.17) is 5.26 Å². The minimum atomic E-state index is -0.0180. The average molecular weight is 180 g/mol. The molecule has 1 aromatic rings. The number of hydrogen-bond donors (Lipinski definition) is 0. The normalized spacial score (nSPS) is 11.2. The Morgan fingerprint density at radius 1 is 1.42 bits per heavy atom. The molecule has 0 radical (unpaired) electrons. The van der Waals surface area contributed by atoms with E-state index in [0.29, 0.717) is 0 Å². The Bertz CT molecular complexity index is 325. The summed E-state index contributed by atoms with van der Waals surface area (Å²) < 4.78 is 0. The maximum Gasteiger partial charge on any atom is 0.128 e. The van der Waals surface area contributed by atoms with Crippen molar-refractivity contribution < 1.29 is 0 Å². The van der Waals surface area contributed by atoms with Crippen molar-refractivity contribution in [3.63, 3.8) is 0 Å². The van der Waals surface area contributed by atoms with Crippen molar-refractivity contribution in [2.75, 3.05) is 0 Å². The molecule has 0 bridgehead atoms. The molecule has 0 aliphatic carbocycles. The standard InChI is InChI=1S/C9H12N2S/c1-6-11-8(9(2,3)4)7(5-10)12-6/h1-4H3. The Labute approximate surface area is 76.9 Å². The molecule has 0 amide bonds. The van der Waals surface area contributed by atoms with Gasteiger partial charge in [0.25, 0.3) is 0 Å². The minimum absolute atomic E-state index is 0.0180. The molecule has 0 fully saturated rings. The van der Waals surface area contributed by atoms with Gasteiger partial charge in [0.2, 0.25) is 0 Å². The van der Waals surface area contributed by atoms with Crippen molar-refractivity contribution in [2.24, 2.45) is 0 Å². The van der Waals surface area contributed by atoms with Gasteiger partial charge in [-0.15, -0.1) is 11.3 Å². The van der Waals surface area contributed by atoms with Crippen LogP contribution in [0, 0.1) is 18.3 Å². The van der Waals surface area contributed by atoms with Crippen LogP contribution in [0.2, 0.25) is 0 Å². The van der Waals surface area contributed by atoms with E-state index < -0.39 is 0 Å². The number of nitrogens with zero attached hydrogens (tertiary/aromatic N) is 2. The van der Waals surface area contributed by atoms with Crippen molar-refractivity contribution in [2.45, 2.75) is 33.1 Å². The zero-order valence-corrected chi connectivity index (χ0v) is 8.62. The van der Waals surface area contributed by atoms with Crippen molar-refractivity contribution in [3.05, 3.63) is 15.6 Å². The van der Waals surface area contributed by atoms with Crippen molar-refractivity contribution >= 4 is 11.3 Å². The van der Waals surface area contributed by atoms with E-state index >= 15 is 0 Å². The third kappa shape index (κ3) is 1.64. The Morgan fingerprint density at radius 3 is 2.33 bits per heavy atom. The second-order valence-electron chi connectivity index (χ2n) is 3.77. The first-order valence-electron chi connectivity index (χ1n) is 3.83. The highest BCUT2D eigenvalue weighted by molar-refractivity contribution is 7.12. The first-order chi connectivity index (χ1) is 5.45. The van der Waals surface area contributed by atoms with Crippen LogP contribution in [-0.4, -0.2) is 4.98 Å². The summed E-state index contributed by atoms with van der Waals surface area (Å²) in [6.07, 6.45) is 0. The molecule has 0 saturated heterocycles. The molecule has 2 nitrogen and oxygen atoms in total. The highest BCUT2D eigenvalue weighted by Crippen LogP contribution is 2.28. The highest BCUT2D eigenvalue weighted by atomic mass is 32.1. The smallest absolute Gasteiger partial charge is 0.128 e. The molecule has 1 aromatic heterocycles. The predicted molar refractivity (Wildman–Crippen MR) is 50.3 cm³/mol. The van der Waals surface area contributed by atoms with Crippen molar-refractivity contribution in [1.29, 1.82) is 5.26 Å². The van der Waals surface area contributed by atoms with Gasteiger partial charge < -0.3 is 0 Å². The molecular weight excluding hydrogens is 168 g/mol. The molecule has 0 aliphatic heterocycles. The molecule has 3 heteroatoms. The van der Waals surface area contributed by atoms with Crippen LogP contribution in [0.5, 0.6) is 0 Å². The molecule has 0 saturated carbocycles. The summed E-state index contributed by atoms with van der Waals surface area (Å²) in [6.45, 7) is 8.15.